The molecular weight excluding hydrogens is 356 g/mol. The van der Waals surface area contributed by atoms with Gasteiger partial charge in [-0.15, -0.1) is 0 Å². The van der Waals surface area contributed by atoms with Gasteiger partial charge in [-0.3, -0.25) is 0 Å². The van der Waals surface area contributed by atoms with Crippen molar-refractivity contribution in [3.05, 3.63) is 65.2 Å². The fourth-order valence-corrected chi connectivity index (χ4v) is 2.56. The van der Waals surface area contributed by atoms with Gasteiger partial charge in [0.2, 0.25) is 0 Å². The minimum atomic E-state index is -0.476. The van der Waals surface area contributed by atoms with Gasteiger partial charge < -0.3 is 20.1 Å². The molecule has 28 heavy (non-hydrogen) atoms. The highest BCUT2D eigenvalue weighted by Gasteiger charge is 2.10. The van der Waals surface area contributed by atoms with E-state index in [-0.39, 0.29) is 12.0 Å². The summed E-state index contributed by atoms with van der Waals surface area (Å²) in [6.45, 7) is 8.48. The molecule has 0 saturated heterocycles. The first-order valence-corrected chi connectivity index (χ1v) is 9.46. The number of benzene rings is 2. The Hall–Kier alpha value is -3.02. The zero-order valence-corrected chi connectivity index (χ0v) is 16.8. The maximum atomic E-state index is 12.0. The Morgan fingerprint density at radius 1 is 0.964 bits per heavy atom. The number of nitrogens with one attached hydrogen (secondary N) is 2. The van der Waals surface area contributed by atoms with Crippen LogP contribution in [0.5, 0.6) is 5.75 Å². The van der Waals surface area contributed by atoms with E-state index in [2.05, 4.69) is 24.5 Å². The Balaban J connectivity index is 1.77. The standard InChI is InChI=1S/C22H28N2O4/c1-5-27-21(25)19-8-6-17(7-9-19)14-23-22(26)24-16(4)28-20-12-10-18(11-13-20)15(2)3/h6-13,15-16H,5,14H2,1-4H3,(H2,23,24,26). The van der Waals surface area contributed by atoms with E-state index in [4.69, 9.17) is 9.47 Å². The summed E-state index contributed by atoms with van der Waals surface area (Å²) in [5, 5.41) is 5.50. The number of hydrogen-bond acceptors (Lipinski definition) is 4. The van der Waals surface area contributed by atoms with Gasteiger partial charge in [-0.05, 0) is 55.2 Å². The molecule has 6 heteroatoms. The van der Waals surface area contributed by atoms with Crippen molar-refractivity contribution in [1.29, 1.82) is 0 Å². The van der Waals surface area contributed by atoms with E-state index in [1.165, 1.54) is 5.56 Å². The van der Waals surface area contributed by atoms with Crippen LogP contribution in [0, 0.1) is 0 Å². The third kappa shape index (κ3) is 6.61. The van der Waals surface area contributed by atoms with Crippen LogP contribution < -0.4 is 15.4 Å². The second-order valence-electron chi connectivity index (χ2n) is 6.73. The van der Waals surface area contributed by atoms with Crippen molar-refractivity contribution in [3.8, 4) is 5.75 Å². The predicted octanol–water partition coefficient (Wildman–Crippen LogP) is 4.21. The van der Waals surface area contributed by atoms with Crippen LogP contribution in [0.3, 0.4) is 0 Å². The fourth-order valence-electron chi connectivity index (χ4n) is 2.56. The zero-order valence-electron chi connectivity index (χ0n) is 16.8. The number of urea groups is 1. The molecular formula is C22H28N2O4. The van der Waals surface area contributed by atoms with Gasteiger partial charge in [0.05, 0.1) is 12.2 Å². The highest BCUT2D eigenvalue weighted by Crippen LogP contribution is 2.19. The largest absolute Gasteiger partial charge is 0.471 e. The smallest absolute Gasteiger partial charge is 0.338 e. The minimum Gasteiger partial charge on any atom is -0.471 e. The summed E-state index contributed by atoms with van der Waals surface area (Å²) >= 11 is 0. The van der Waals surface area contributed by atoms with E-state index in [0.717, 1.165) is 5.56 Å². The summed E-state index contributed by atoms with van der Waals surface area (Å²) in [4.78, 5) is 23.7. The molecule has 2 aromatic rings. The summed E-state index contributed by atoms with van der Waals surface area (Å²) in [7, 11) is 0. The van der Waals surface area contributed by atoms with Crippen molar-refractivity contribution in [1.82, 2.24) is 10.6 Å². The van der Waals surface area contributed by atoms with E-state index in [9.17, 15) is 9.59 Å². The lowest BCUT2D eigenvalue weighted by molar-refractivity contribution is 0.0526. The molecule has 0 aliphatic heterocycles. The molecule has 0 radical (unpaired) electrons. The van der Waals surface area contributed by atoms with E-state index in [1.807, 2.05) is 24.3 Å². The second kappa shape index (κ2) is 10.3. The molecule has 0 heterocycles. The number of ether oxygens (including phenoxy) is 2. The topological polar surface area (TPSA) is 76.7 Å². The van der Waals surface area contributed by atoms with Crippen LogP contribution in [-0.4, -0.2) is 24.8 Å². The van der Waals surface area contributed by atoms with Crippen molar-refractivity contribution in [2.75, 3.05) is 6.61 Å². The van der Waals surface area contributed by atoms with Gasteiger partial charge >= 0.3 is 12.0 Å². The average Bonchev–Trinajstić information content (AvgIpc) is 2.67. The quantitative estimate of drug-likeness (QED) is 0.528. The third-order valence-electron chi connectivity index (χ3n) is 4.11. The molecule has 2 aromatic carbocycles. The highest BCUT2D eigenvalue weighted by molar-refractivity contribution is 5.89. The molecule has 150 valence electrons. The number of hydrogen-bond donors (Lipinski definition) is 2. The Bertz CT molecular complexity index is 770. The lowest BCUT2D eigenvalue weighted by atomic mass is 10.0. The number of amides is 2. The maximum Gasteiger partial charge on any atom is 0.338 e. The van der Waals surface area contributed by atoms with E-state index < -0.39 is 6.23 Å². The lowest BCUT2D eigenvalue weighted by Crippen LogP contribution is -2.43. The van der Waals surface area contributed by atoms with Gasteiger partial charge in [0.25, 0.3) is 0 Å². The van der Waals surface area contributed by atoms with Crippen molar-refractivity contribution in [2.24, 2.45) is 0 Å². The normalized spacial score (nSPS) is 11.6. The number of carbonyl (C=O) groups is 2. The first-order valence-electron chi connectivity index (χ1n) is 9.46. The Labute approximate surface area is 166 Å². The molecule has 2 rings (SSSR count). The van der Waals surface area contributed by atoms with Gasteiger partial charge in [0.15, 0.2) is 6.23 Å². The monoisotopic (exact) mass is 384 g/mol. The molecule has 2 amide bonds. The van der Waals surface area contributed by atoms with Crippen LogP contribution in [0.1, 0.15) is 55.1 Å². The first kappa shape index (κ1) is 21.3. The van der Waals surface area contributed by atoms with Crippen LogP contribution in [-0.2, 0) is 11.3 Å². The average molecular weight is 384 g/mol. The van der Waals surface area contributed by atoms with Crippen molar-refractivity contribution in [2.45, 2.75) is 46.4 Å². The molecule has 1 atom stereocenters. The van der Waals surface area contributed by atoms with E-state index in [1.54, 1.807) is 38.1 Å². The fraction of sp³-hybridized carbons (Fsp3) is 0.364. The molecule has 0 aliphatic carbocycles. The van der Waals surface area contributed by atoms with Gasteiger partial charge in [-0.25, -0.2) is 9.59 Å². The van der Waals surface area contributed by atoms with Crippen LogP contribution >= 0.6 is 0 Å². The maximum absolute atomic E-state index is 12.0. The Morgan fingerprint density at radius 3 is 2.18 bits per heavy atom. The lowest BCUT2D eigenvalue weighted by Gasteiger charge is -2.17. The van der Waals surface area contributed by atoms with Gasteiger partial charge in [0.1, 0.15) is 5.75 Å². The molecule has 0 fully saturated rings. The molecule has 1 unspecified atom stereocenters. The minimum absolute atomic E-state index is 0.333. The van der Waals surface area contributed by atoms with Crippen LogP contribution in [0.2, 0.25) is 0 Å². The Morgan fingerprint density at radius 2 is 1.61 bits per heavy atom. The SMILES string of the molecule is CCOC(=O)c1ccc(CNC(=O)NC(C)Oc2ccc(C(C)C)cc2)cc1. The van der Waals surface area contributed by atoms with Gasteiger partial charge in [-0.1, -0.05) is 38.1 Å². The molecule has 0 saturated carbocycles. The van der Waals surface area contributed by atoms with Gasteiger partial charge in [-0.2, -0.15) is 0 Å². The Kier molecular flexibility index (Phi) is 7.87. The summed E-state index contributed by atoms with van der Waals surface area (Å²) in [5.41, 5.74) is 2.60. The highest BCUT2D eigenvalue weighted by atomic mass is 16.5. The van der Waals surface area contributed by atoms with Crippen molar-refractivity contribution in [3.63, 3.8) is 0 Å². The predicted molar refractivity (Wildman–Crippen MR) is 108 cm³/mol. The summed E-state index contributed by atoms with van der Waals surface area (Å²) in [6, 6.07) is 14.4. The molecule has 2 N–H and O–H groups in total. The summed E-state index contributed by atoms with van der Waals surface area (Å²) in [5.74, 6) is 0.806. The number of carbonyl (C=O) groups excluding carboxylic acids is 2. The van der Waals surface area contributed by atoms with E-state index in [0.29, 0.717) is 30.4 Å². The third-order valence-corrected chi connectivity index (χ3v) is 4.11. The van der Waals surface area contributed by atoms with Crippen LogP contribution in [0.4, 0.5) is 4.79 Å². The van der Waals surface area contributed by atoms with Crippen molar-refractivity contribution >= 4 is 12.0 Å². The number of esters is 1. The first-order chi connectivity index (χ1) is 13.4. The van der Waals surface area contributed by atoms with Gasteiger partial charge in [0, 0.05) is 6.54 Å². The molecule has 6 nitrogen and oxygen atoms in total. The zero-order chi connectivity index (χ0) is 20.5. The number of rotatable bonds is 8. The van der Waals surface area contributed by atoms with Crippen molar-refractivity contribution < 1.29 is 19.1 Å². The van der Waals surface area contributed by atoms with E-state index >= 15 is 0 Å². The summed E-state index contributed by atoms with van der Waals surface area (Å²) < 4.78 is 10.7. The summed E-state index contributed by atoms with van der Waals surface area (Å²) in [6.07, 6.45) is -0.476. The van der Waals surface area contributed by atoms with Crippen LogP contribution in [0.25, 0.3) is 0 Å². The van der Waals surface area contributed by atoms with Crippen LogP contribution in [0.15, 0.2) is 48.5 Å². The molecule has 0 bridgehead atoms. The molecule has 0 aliphatic rings. The second-order valence-corrected chi connectivity index (χ2v) is 6.73. The molecule has 0 aromatic heterocycles. The molecule has 0 spiro atoms.